The van der Waals surface area contributed by atoms with E-state index < -0.39 is 10.0 Å². The molecule has 0 atom stereocenters. The standard InChI is InChI=1S/C21H27N3O3S2/c1-16-18(15-24-11-13-28-14-12-24)5-4-6-20(16)22-21(25)17-7-9-19(10-8-17)29(26,27)23(2)3/h4-10H,11-15H2,1-3H3,(H,22,25). The number of hydrogen-bond acceptors (Lipinski definition) is 5. The first-order valence-corrected chi connectivity index (χ1v) is 12.1. The van der Waals surface area contributed by atoms with Crippen LogP contribution in [0.4, 0.5) is 5.69 Å². The van der Waals surface area contributed by atoms with E-state index in [1.54, 1.807) is 0 Å². The van der Waals surface area contributed by atoms with Crippen molar-refractivity contribution in [2.24, 2.45) is 0 Å². The van der Waals surface area contributed by atoms with E-state index in [2.05, 4.69) is 16.3 Å². The molecule has 0 unspecified atom stereocenters. The zero-order valence-corrected chi connectivity index (χ0v) is 18.6. The fourth-order valence-corrected chi connectivity index (χ4v) is 5.05. The number of hydrogen-bond donors (Lipinski definition) is 1. The molecule has 1 saturated heterocycles. The highest BCUT2D eigenvalue weighted by atomic mass is 32.2. The van der Waals surface area contributed by atoms with E-state index in [4.69, 9.17) is 0 Å². The zero-order valence-electron chi connectivity index (χ0n) is 17.0. The second-order valence-electron chi connectivity index (χ2n) is 7.24. The van der Waals surface area contributed by atoms with Gasteiger partial charge in [-0.05, 0) is 48.4 Å². The van der Waals surface area contributed by atoms with Gasteiger partial charge >= 0.3 is 0 Å². The number of amides is 1. The summed E-state index contributed by atoms with van der Waals surface area (Å²) >= 11 is 1.99. The van der Waals surface area contributed by atoms with Crippen molar-refractivity contribution in [2.45, 2.75) is 18.4 Å². The Kier molecular flexibility index (Phi) is 7.00. The normalized spacial score (nSPS) is 15.4. The van der Waals surface area contributed by atoms with Crippen molar-refractivity contribution >= 4 is 33.4 Å². The van der Waals surface area contributed by atoms with Crippen LogP contribution in [0, 0.1) is 6.92 Å². The molecule has 8 heteroatoms. The number of nitrogens with one attached hydrogen (secondary N) is 1. The Morgan fingerprint density at radius 3 is 2.38 bits per heavy atom. The maximum atomic E-state index is 12.7. The van der Waals surface area contributed by atoms with Crippen molar-refractivity contribution in [1.82, 2.24) is 9.21 Å². The van der Waals surface area contributed by atoms with E-state index in [-0.39, 0.29) is 10.8 Å². The summed E-state index contributed by atoms with van der Waals surface area (Å²) < 4.78 is 25.5. The van der Waals surface area contributed by atoms with Crippen molar-refractivity contribution in [2.75, 3.05) is 44.0 Å². The summed E-state index contributed by atoms with van der Waals surface area (Å²) in [7, 11) is -0.548. The minimum atomic E-state index is -3.51. The summed E-state index contributed by atoms with van der Waals surface area (Å²) in [6.45, 7) is 5.08. The summed E-state index contributed by atoms with van der Waals surface area (Å²) in [4.78, 5) is 15.3. The first-order chi connectivity index (χ1) is 13.8. The highest BCUT2D eigenvalue weighted by Gasteiger charge is 2.18. The minimum Gasteiger partial charge on any atom is -0.322 e. The molecule has 0 aliphatic carbocycles. The van der Waals surface area contributed by atoms with Crippen LogP contribution in [0.2, 0.25) is 0 Å². The lowest BCUT2D eigenvalue weighted by Gasteiger charge is -2.27. The lowest BCUT2D eigenvalue weighted by molar-refractivity contribution is 0.102. The third-order valence-electron chi connectivity index (χ3n) is 5.09. The van der Waals surface area contributed by atoms with Gasteiger partial charge in [0, 0.05) is 56.5 Å². The number of rotatable bonds is 6. The van der Waals surface area contributed by atoms with Crippen LogP contribution in [-0.2, 0) is 16.6 Å². The van der Waals surface area contributed by atoms with Crippen LogP contribution in [0.15, 0.2) is 47.4 Å². The average molecular weight is 434 g/mol. The molecule has 6 nitrogen and oxygen atoms in total. The largest absolute Gasteiger partial charge is 0.322 e. The highest BCUT2D eigenvalue weighted by molar-refractivity contribution is 7.99. The lowest BCUT2D eigenvalue weighted by Crippen LogP contribution is -2.32. The minimum absolute atomic E-state index is 0.164. The zero-order chi connectivity index (χ0) is 21.0. The second-order valence-corrected chi connectivity index (χ2v) is 10.6. The molecule has 1 amide bonds. The number of nitrogens with zero attached hydrogens (tertiary/aromatic N) is 2. The van der Waals surface area contributed by atoms with E-state index in [9.17, 15) is 13.2 Å². The Bertz CT molecular complexity index is 967. The molecule has 1 N–H and O–H groups in total. The fraction of sp³-hybridized carbons (Fsp3) is 0.381. The molecular weight excluding hydrogens is 406 g/mol. The quantitative estimate of drug-likeness (QED) is 0.758. The molecule has 2 aromatic carbocycles. The Labute approximate surface area is 177 Å². The molecular formula is C21H27N3O3S2. The average Bonchev–Trinajstić information content (AvgIpc) is 2.71. The van der Waals surface area contributed by atoms with Gasteiger partial charge < -0.3 is 5.32 Å². The van der Waals surface area contributed by atoms with Crippen molar-refractivity contribution in [3.8, 4) is 0 Å². The fourth-order valence-electron chi connectivity index (χ4n) is 3.17. The number of thioether (sulfide) groups is 1. The molecule has 0 saturated carbocycles. The summed E-state index contributed by atoms with van der Waals surface area (Å²) in [5.74, 6) is 2.07. The molecule has 0 spiro atoms. The molecule has 1 aliphatic rings. The lowest BCUT2D eigenvalue weighted by atomic mass is 10.1. The Balaban J connectivity index is 1.73. The Morgan fingerprint density at radius 1 is 1.10 bits per heavy atom. The number of anilines is 1. The molecule has 2 aromatic rings. The van der Waals surface area contributed by atoms with E-state index >= 15 is 0 Å². The Morgan fingerprint density at radius 2 is 1.76 bits per heavy atom. The number of carbonyl (C=O) groups is 1. The van der Waals surface area contributed by atoms with Crippen LogP contribution >= 0.6 is 11.8 Å². The second kappa shape index (κ2) is 9.30. The SMILES string of the molecule is Cc1c(CN2CCSCC2)cccc1NC(=O)c1ccc(S(=O)(=O)N(C)C)cc1. The van der Waals surface area contributed by atoms with Crippen LogP contribution in [0.5, 0.6) is 0 Å². The highest BCUT2D eigenvalue weighted by Crippen LogP contribution is 2.23. The predicted molar refractivity (Wildman–Crippen MR) is 119 cm³/mol. The van der Waals surface area contributed by atoms with E-state index in [1.165, 1.54) is 43.9 Å². The van der Waals surface area contributed by atoms with Crippen LogP contribution in [0.25, 0.3) is 0 Å². The molecule has 3 rings (SSSR count). The van der Waals surface area contributed by atoms with Gasteiger partial charge in [-0.3, -0.25) is 9.69 Å². The number of benzene rings is 2. The van der Waals surface area contributed by atoms with Gasteiger partial charge in [-0.25, -0.2) is 12.7 Å². The summed E-state index contributed by atoms with van der Waals surface area (Å²) in [5, 5.41) is 2.96. The van der Waals surface area contributed by atoms with E-state index in [0.717, 1.165) is 46.7 Å². The molecule has 0 radical (unpaired) electrons. The topological polar surface area (TPSA) is 69.7 Å². The summed E-state index contributed by atoms with van der Waals surface area (Å²) in [5.41, 5.74) is 3.47. The molecule has 1 heterocycles. The van der Waals surface area contributed by atoms with Gasteiger partial charge in [0.1, 0.15) is 0 Å². The molecule has 0 aromatic heterocycles. The van der Waals surface area contributed by atoms with Crippen molar-refractivity contribution in [3.05, 3.63) is 59.2 Å². The molecule has 156 valence electrons. The van der Waals surface area contributed by atoms with Crippen LogP contribution in [-0.4, -0.2) is 62.2 Å². The van der Waals surface area contributed by atoms with E-state index in [0.29, 0.717) is 5.56 Å². The predicted octanol–water partition coefficient (Wildman–Crippen LogP) is 3.05. The third-order valence-corrected chi connectivity index (χ3v) is 7.86. The van der Waals surface area contributed by atoms with Gasteiger partial charge in [0.15, 0.2) is 0 Å². The van der Waals surface area contributed by atoms with Gasteiger partial charge in [0.05, 0.1) is 4.90 Å². The van der Waals surface area contributed by atoms with Gasteiger partial charge in [-0.1, -0.05) is 12.1 Å². The van der Waals surface area contributed by atoms with Crippen LogP contribution in [0.3, 0.4) is 0 Å². The maximum absolute atomic E-state index is 12.7. The van der Waals surface area contributed by atoms with Crippen LogP contribution < -0.4 is 5.32 Å². The molecule has 1 fully saturated rings. The van der Waals surface area contributed by atoms with Gasteiger partial charge in [-0.15, -0.1) is 0 Å². The molecule has 29 heavy (non-hydrogen) atoms. The summed E-state index contributed by atoms with van der Waals surface area (Å²) in [6, 6.07) is 12.0. The molecule has 1 aliphatic heterocycles. The van der Waals surface area contributed by atoms with Gasteiger partial charge in [0.2, 0.25) is 10.0 Å². The smallest absolute Gasteiger partial charge is 0.255 e. The van der Waals surface area contributed by atoms with Gasteiger partial charge in [0.25, 0.3) is 5.91 Å². The third kappa shape index (κ3) is 5.19. The maximum Gasteiger partial charge on any atom is 0.255 e. The van der Waals surface area contributed by atoms with Crippen molar-refractivity contribution in [1.29, 1.82) is 0 Å². The van der Waals surface area contributed by atoms with Crippen LogP contribution in [0.1, 0.15) is 21.5 Å². The number of sulfonamides is 1. The van der Waals surface area contributed by atoms with Gasteiger partial charge in [-0.2, -0.15) is 11.8 Å². The van der Waals surface area contributed by atoms with E-state index in [1.807, 2.05) is 30.8 Å². The molecule has 0 bridgehead atoms. The Hall–Kier alpha value is -1.87. The first-order valence-electron chi connectivity index (χ1n) is 9.51. The first kappa shape index (κ1) is 21.8. The van der Waals surface area contributed by atoms with Crippen molar-refractivity contribution in [3.63, 3.8) is 0 Å². The monoisotopic (exact) mass is 433 g/mol. The van der Waals surface area contributed by atoms with Crippen molar-refractivity contribution < 1.29 is 13.2 Å². The number of carbonyl (C=O) groups excluding carboxylic acids is 1. The summed E-state index contributed by atoms with van der Waals surface area (Å²) in [6.07, 6.45) is 0.